The molecular formula is C37H69N. The molecular weight excluding hydrogens is 458 g/mol. The molecule has 38 heavy (non-hydrogen) atoms. The molecule has 0 unspecified atom stereocenters. The monoisotopic (exact) mass is 528 g/mol. The van der Waals surface area contributed by atoms with Crippen molar-refractivity contribution < 1.29 is 0 Å². The molecule has 0 fully saturated rings. The van der Waals surface area contributed by atoms with E-state index in [2.05, 4.69) is 50.3 Å². The zero-order valence-corrected chi connectivity index (χ0v) is 26.3. The standard InChI is InChI=1S/C37H69N/c1-3-5-7-9-11-13-15-17-19-21-23-25-27-29-31-33-35-37(38)36-34-32-30-28-26-24-22-20-18-16-14-12-10-8-6-4-2/h11-14,17,19,38H,3-10,15-16,18,20-36H2,1-2H3/b13-11-,14-12-,19-17-,38-37?. The minimum absolute atomic E-state index is 1.01. The highest BCUT2D eigenvalue weighted by Crippen LogP contribution is 2.14. The van der Waals surface area contributed by atoms with Gasteiger partial charge in [0.1, 0.15) is 0 Å². The number of nitrogens with one attached hydrogen (secondary N) is 1. The Bertz CT molecular complexity index is 541. The SMILES string of the molecule is CCCCC/C=C\C/C=C\CCCCCCCCC(=N)CCCCCCCCCCC/C=C\CCCCC. The lowest BCUT2D eigenvalue weighted by atomic mass is 10.0. The molecule has 0 aliphatic carbocycles. The third-order valence-corrected chi connectivity index (χ3v) is 7.67. The summed E-state index contributed by atoms with van der Waals surface area (Å²) >= 11 is 0. The van der Waals surface area contributed by atoms with Crippen molar-refractivity contribution in [1.29, 1.82) is 5.41 Å². The fourth-order valence-corrected chi connectivity index (χ4v) is 5.04. The van der Waals surface area contributed by atoms with Crippen LogP contribution in [0.5, 0.6) is 0 Å². The molecule has 0 aromatic carbocycles. The largest absolute Gasteiger partial charge is 0.310 e. The van der Waals surface area contributed by atoms with Crippen LogP contribution >= 0.6 is 0 Å². The van der Waals surface area contributed by atoms with Crippen molar-refractivity contribution in [2.75, 3.05) is 0 Å². The van der Waals surface area contributed by atoms with E-state index in [1.54, 1.807) is 0 Å². The van der Waals surface area contributed by atoms with Crippen LogP contribution in [0.15, 0.2) is 36.5 Å². The second-order valence-electron chi connectivity index (χ2n) is 11.6. The Balaban J connectivity index is 3.25. The number of hydrogen-bond acceptors (Lipinski definition) is 1. The normalized spacial score (nSPS) is 12.1. The van der Waals surface area contributed by atoms with E-state index in [9.17, 15) is 0 Å². The van der Waals surface area contributed by atoms with Crippen molar-refractivity contribution in [3.63, 3.8) is 0 Å². The smallest absolute Gasteiger partial charge is 0.00891 e. The van der Waals surface area contributed by atoms with E-state index in [0.717, 1.165) is 25.0 Å². The molecule has 0 heterocycles. The molecule has 0 aromatic heterocycles. The second kappa shape index (κ2) is 33.9. The Morgan fingerprint density at radius 1 is 0.368 bits per heavy atom. The van der Waals surface area contributed by atoms with E-state index >= 15 is 0 Å². The average Bonchev–Trinajstić information content (AvgIpc) is 2.92. The first-order chi connectivity index (χ1) is 18.8. The van der Waals surface area contributed by atoms with Crippen LogP contribution in [0.25, 0.3) is 0 Å². The first kappa shape index (κ1) is 36.9. The Hall–Kier alpha value is -1.11. The zero-order valence-electron chi connectivity index (χ0n) is 26.3. The van der Waals surface area contributed by atoms with Crippen molar-refractivity contribution in [3.8, 4) is 0 Å². The summed E-state index contributed by atoms with van der Waals surface area (Å²) in [5.41, 5.74) is 1.01. The maximum absolute atomic E-state index is 8.24. The lowest BCUT2D eigenvalue weighted by Crippen LogP contribution is -1.96. The minimum Gasteiger partial charge on any atom is -0.310 e. The van der Waals surface area contributed by atoms with E-state index in [0.29, 0.717) is 0 Å². The van der Waals surface area contributed by atoms with Gasteiger partial charge in [0.05, 0.1) is 0 Å². The molecule has 0 saturated carbocycles. The molecule has 1 N–H and O–H groups in total. The summed E-state index contributed by atoms with van der Waals surface area (Å²) in [6, 6.07) is 0. The van der Waals surface area contributed by atoms with Gasteiger partial charge in [0.2, 0.25) is 0 Å². The summed E-state index contributed by atoms with van der Waals surface area (Å²) in [6.07, 6.45) is 50.9. The summed E-state index contributed by atoms with van der Waals surface area (Å²) in [4.78, 5) is 0. The summed E-state index contributed by atoms with van der Waals surface area (Å²) < 4.78 is 0. The van der Waals surface area contributed by atoms with Gasteiger partial charge in [-0.3, -0.25) is 0 Å². The lowest BCUT2D eigenvalue weighted by molar-refractivity contribution is 0.561. The third kappa shape index (κ3) is 32.9. The van der Waals surface area contributed by atoms with Gasteiger partial charge >= 0.3 is 0 Å². The van der Waals surface area contributed by atoms with Crippen molar-refractivity contribution in [2.45, 2.75) is 194 Å². The van der Waals surface area contributed by atoms with E-state index in [1.807, 2.05) is 0 Å². The fraction of sp³-hybridized carbons (Fsp3) is 0.811. The van der Waals surface area contributed by atoms with E-state index in [1.165, 1.54) is 161 Å². The molecule has 0 bridgehead atoms. The maximum Gasteiger partial charge on any atom is 0.00891 e. The molecule has 0 rings (SSSR count). The Kier molecular flexibility index (Phi) is 32.9. The van der Waals surface area contributed by atoms with Gasteiger partial charge in [-0.05, 0) is 83.5 Å². The van der Waals surface area contributed by atoms with Gasteiger partial charge in [-0.2, -0.15) is 0 Å². The van der Waals surface area contributed by atoms with Crippen molar-refractivity contribution in [3.05, 3.63) is 36.5 Å². The fourth-order valence-electron chi connectivity index (χ4n) is 5.04. The van der Waals surface area contributed by atoms with Gasteiger partial charge in [-0.1, -0.05) is 147 Å². The van der Waals surface area contributed by atoms with Crippen LogP contribution in [0.2, 0.25) is 0 Å². The number of unbranched alkanes of at least 4 members (excludes halogenated alkanes) is 21. The molecule has 0 aliphatic rings. The molecule has 222 valence electrons. The Labute approximate surface area is 240 Å². The van der Waals surface area contributed by atoms with Gasteiger partial charge in [0, 0.05) is 5.71 Å². The van der Waals surface area contributed by atoms with E-state index in [-0.39, 0.29) is 0 Å². The van der Waals surface area contributed by atoms with Gasteiger partial charge in [-0.25, -0.2) is 0 Å². The molecule has 0 spiro atoms. The van der Waals surface area contributed by atoms with Crippen LogP contribution in [-0.4, -0.2) is 5.71 Å². The zero-order chi connectivity index (χ0) is 27.6. The van der Waals surface area contributed by atoms with Crippen molar-refractivity contribution in [2.24, 2.45) is 0 Å². The number of hydrogen-bond donors (Lipinski definition) is 1. The first-order valence-corrected chi connectivity index (χ1v) is 17.3. The van der Waals surface area contributed by atoms with Crippen LogP contribution in [0, 0.1) is 5.41 Å². The topological polar surface area (TPSA) is 23.9 Å². The molecule has 0 aromatic rings. The van der Waals surface area contributed by atoms with Crippen molar-refractivity contribution in [1.82, 2.24) is 0 Å². The predicted molar refractivity (Wildman–Crippen MR) is 176 cm³/mol. The molecule has 0 saturated heterocycles. The van der Waals surface area contributed by atoms with Crippen LogP contribution in [-0.2, 0) is 0 Å². The van der Waals surface area contributed by atoms with Gasteiger partial charge in [-0.15, -0.1) is 0 Å². The van der Waals surface area contributed by atoms with Gasteiger partial charge in [0.25, 0.3) is 0 Å². The predicted octanol–water partition coefficient (Wildman–Crippen LogP) is 13.6. The molecule has 1 heteroatoms. The Morgan fingerprint density at radius 2 is 0.658 bits per heavy atom. The first-order valence-electron chi connectivity index (χ1n) is 17.3. The quantitative estimate of drug-likeness (QED) is 0.0526. The molecule has 0 aliphatic heterocycles. The van der Waals surface area contributed by atoms with E-state index < -0.39 is 0 Å². The Morgan fingerprint density at radius 3 is 1.03 bits per heavy atom. The molecule has 0 amide bonds. The van der Waals surface area contributed by atoms with Crippen molar-refractivity contribution >= 4 is 5.71 Å². The minimum atomic E-state index is 1.01. The maximum atomic E-state index is 8.24. The third-order valence-electron chi connectivity index (χ3n) is 7.67. The molecule has 1 nitrogen and oxygen atoms in total. The van der Waals surface area contributed by atoms with Crippen LogP contribution in [0.4, 0.5) is 0 Å². The van der Waals surface area contributed by atoms with Gasteiger partial charge < -0.3 is 5.41 Å². The second-order valence-corrected chi connectivity index (χ2v) is 11.6. The highest BCUT2D eigenvalue weighted by atomic mass is 14.4. The van der Waals surface area contributed by atoms with Crippen LogP contribution in [0.3, 0.4) is 0 Å². The summed E-state index contributed by atoms with van der Waals surface area (Å²) in [7, 11) is 0. The van der Waals surface area contributed by atoms with Crippen LogP contribution in [0.1, 0.15) is 194 Å². The molecule has 0 radical (unpaired) electrons. The highest BCUT2D eigenvalue weighted by Gasteiger charge is 1.99. The number of rotatable bonds is 31. The van der Waals surface area contributed by atoms with E-state index in [4.69, 9.17) is 5.41 Å². The van der Waals surface area contributed by atoms with Gasteiger partial charge in [0.15, 0.2) is 0 Å². The summed E-state index contributed by atoms with van der Waals surface area (Å²) in [5, 5.41) is 8.24. The summed E-state index contributed by atoms with van der Waals surface area (Å²) in [6.45, 7) is 4.54. The lowest BCUT2D eigenvalue weighted by Gasteiger charge is -2.05. The number of allylic oxidation sites excluding steroid dienone is 6. The molecule has 0 atom stereocenters. The highest BCUT2D eigenvalue weighted by molar-refractivity contribution is 5.81. The van der Waals surface area contributed by atoms with Crippen LogP contribution < -0.4 is 0 Å². The average molecular weight is 528 g/mol. The summed E-state index contributed by atoms with van der Waals surface area (Å²) in [5.74, 6) is 0.